The van der Waals surface area contributed by atoms with Crippen LogP contribution < -0.4 is 0 Å². The predicted octanol–water partition coefficient (Wildman–Crippen LogP) is 5.99. The Balaban J connectivity index is 1.54. The van der Waals surface area contributed by atoms with Gasteiger partial charge in [-0.15, -0.1) is 11.3 Å². The fourth-order valence-corrected chi connectivity index (χ4v) is 5.34. The highest BCUT2D eigenvalue weighted by atomic mass is 32.1. The van der Waals surface area contributed by atoms with Gasteiger partial charge in [0.15, 0.2) is 5.69 Å². The molecule has 0 spiro atoms. The predicted molar refractivity (Wildman–Crippen MR) is 141 cm³/mol. The molecule has 180 valence electrons. The van der Waals surface area contributed by atoms with Gasteiger partial charge in [-0.2, -0.15) is 0 Å². The van der Waals surface area contributed by atoms with E-state index in [0.29, 0.717) is 30.0 Å². The minimum atomic E-state index is -1.07. The molecule has 2 heterocycles. The Labute approximate surface area is 212 Å². The summed E-state index contributed by atoms with van der Waals surface area (Å²) < 4.78 is 0. The molecule has 1 amide bonds. The van der Waals surface area contributed by atoms with Crippen molar-refractivity contribution >= 4 is 34.1 Å². The Morgan fingerprint density at radius 2 is 1.64 bits per heavy atom. The van der Waals surface area contributed by atoms with Gasteiger partial charge in [-0.1, -0.05) is 66.7 Å². The fraction of sp³-hybridized carbons (Fsp3) is 0.138. The summed E-state index contributed by atoms with van der Waals surface area (Å²) in [5, 5.41) is 12.8. The van der Waals surface area contributed by atoms with Gasteiger partial charge in [-0.25, -0.2) is 9.78 Å². The van der Waals surface area contributed by atoms with Gasteiger partial charge in [0.05, 0.1) is 6.04 Å². The number of amides is 1. The summed E-state index contributed by atoms with van der Waals surface area (Å²) in [5.74, 6) is -1.18. The third-order valence-corrected chi connectivity index (χ3v) is 7.20. The standard InChI is InChI=1S/C29H25N3O3S/c33-28(21-11-5-2-6-12-21)32(16-15-22-18-30-24-14-8-7-13-23(22)24)26(17-20-9-3-1-4-10-20)27-31-25(19-36-27)29(34)35/h1-14,18-19,26,30H,15-17H2,(H,34,35). The molecular formula is C29H25N3O3S. The zero-order valence-corrected chi connectivity index (χ0v) is 20.3. The smallest absolute Gasteiger partial charge is 0.355 e. The molecule has 0 radical (unpaired) electrons. The van der Waals surface area contributed by atoms with E-state index >= 15 is 0 Å². The molecule has 0 fully saturated rings. The van der Waals surface area contributed by atoms with E-state index in [0.717, 1.165) is 22.0 Å². The minimum absolute atomic E-state index is 0.00296. The number of hydrogen-bond acceptors (Lipinski definition) is 4. The fourth-order valence-electron chi connectivity index (χ4n) is 4.43. The van der Waals surface area contributed by atoms with Crippen LogP contribution in [-0.4, -0.2) is 38.4 Å². The largest absolute Gasteiger partial charge is 0.476 e. The third-order valence-electron chi connectivity index (χ3n) is 6.25. The van der Waals surface area contributed by atoms with E-state index in [-0.39, 0.29) is 11.6 Å². The molecule has 0 aliphatic heterocycles. The number of carbonyl (C=O) groups excluding carboxylic acids is 1. The molecule has 3 aromatic carbocycles. The van der Waals surface area contributed by atoms with Crippen LogP contribution in [0.4, 0.5) is 0 Å². The van der Waals surface area contributed by atoms with Crippen LogP contribution in [0.1, 0.15) is 43.0 Å². The molecule has 36 heavy (non-hydrogen) atoms. The highest BCUT2D eigenvalue weighted by Crippen LogP contribution is 2.30. The number of rotatable bonds is 9. The molecule has 0 saturated carbocycles. The Kier molecular flexibility index (Phi) is 6.91. The van der Waals surface area contributed by atoms with E-state index in [1.807, 2.05) is 90.0 Å². The summed E-state index contributed by atoms with van der Waals surface area (Å²) in [6.45, 7) is 0.453. The van der Waals surface area contributed by atoms with Crippen LogP contribution in [0.3, 0.4) is 0 Å². The SMILES string of the molecule is O=C(O)c1csc(C(Cc2ccccc2)N(CCc2c[nH]c3ccccc23)C(=O)c2ccccc2)n1. The zero-order valence-electron chi connectivity index (χ0n) is 19.5. The number of nitrogens with one attached hydrogen (secondary N) is 1. The van der Waals surface area contributed by atoms with Crippen LogP contribution >= 0.6 is 11.3 Å². The third kappa shape index (κ3) is 5.06. The second kappa shape index (κ2) is 10.6. The number of nitrogens with zero attached hydrogens (tertiary/aromatic N) is 2. The molecule has 0 aliphatic rings. The first-order valence-corrected chi connectivity index (χ1v) is 12.6. The molecule has 0 aliphatic carbocycles. The zero-order chi connectivity index (χ0) is 24.9. The van der Waals surface area contributed by atoms with Crippen molar-refractivity contribution in [3.05, 3.63) is 124 Å². The molecule has 6 nitrogen and oxygen atoms in total. The van der Waals surface area contributed by atoms with Crippen LogP contribution in [0, 0.1) is 0 Å². The lowest BCUT2D eigenvalue weighted by molar-refractivity contribution is 0.0676. The molecule has 5 rings (SSSR count). The lowest BCUT2D eigenvalue weighted by Crippen LogP contribution is -2.37. The first-order chi connectivity index (χ1) is 17.6. The molecule has 2 aromatic heterocycles. The number of aromatic carboxylic acids is 1. The Morgan fingerprint density at radius 1 is 0.944 bits per heavy atom. The van der Waals surface area contributed by atoms with Crippen molar-refractivity contribution in [2.45, 2.75) is 18.9 Å². The summed E-state index contributed by atoms with van der Waals surface area (Å²) in [4.78, 5) is 35.0. The molecule has 2 N–H and O–H groups in total. The summed E-state index contributed by atoms with van der Waals surface area (Å²) in [7, 11) is 0. The first-order valence-electron chi connectivity index (χ1n) is 11.7. The van der Waals surface area contributed by atoms with Gasteiger partial charge in [0.2, 0.25) is 0 Å². The van der Waals surface area contributed by atoms with Crippen LogP contribution in [-0.2, 0) is 12.8 Å². The molecular weight excluding hydrogens is 470 g/mol. The molecule has 0 saturated heterocycles. The van der Waals surface area contributed by atoms with E-state index in [9.17, 15) is 14.7 Å². The maximum atomic E-state index is 13.9. The van der Waals surface area contributed by atoms with E-state index in [1.165, 1.54) is 11.3 Å². The van der Waals surface area contributed by atoms with Gasteiger partial charge in [0, 0.05) is 34.6 Å². The van der Waals surface area contributed by atoms with Gasteiger partial charge in [-0.3, -0.25) is 4.79 Å². The second-order valence-corrected chi connectivity index (χ2v) is 9.45. The normalized spacial score (nSPS) is 11.9. The Morgan fingerprint density at radius 3 is 2.36 bits per heavy atom. The maximum Gasteiger partial charge on any atom is 0.355 e. The average Bonchev–Trinajstić information content (AvgIpc) is 3.57. The van der Waals surface area contributed by atoms with Gasteiger partial charge in [-0.05, 0) is 42.2 Å². The van der Waals surface area contributed by atoms with Gasteiger partial charge in [0.1, 0.15) is 5.01 Å². The van der Waals surface area contributed by atoms with E-state index < -0.39 is 12.0 Å². The number of para-hydroxylation sites is 1. The highest BCUT2D eigenvalue weighted by Gasteiger charge is 2.29. The van der Waals surface area contributed by atoms with Crippen molar-refractivity contribution in [3.63, 3.8) is 0 Å². The van der Waals surface area contributed by atoms with Crippen molar-refractivity contribution in [2.24, 2.45) is 0 Å². The first kappa shape index (κ1) is 23.5. The second-order valence-electron chi connectivity index (χ2n) is 8.56. The van der Waals surface area contributed by atoms with E-state index in [2.05, 4.69) is 16.0 Å². The Hall–Kier alpha value is -4.23. The summed E-state index contributed by atoms with van der Waals surface area (Å²) in [6.07, 6.45) is 3.17. The monoisotopic (exact) mass is 495 g/mol. The summed E-state index contributed by atoms with van der Waals surface area (Å²) >= 11 is 1.28. The number of carboxylic acids is 1. The van der Waals surface area contributed by atoms with Crippen molar-refractivity contribution in [2.75, 3.05) is 6.54 Å². The van der Waals surface area contributed by atoms with Crippen LogP contribution in [0.25, 0.3) is 10.9 Å². The molecule has 1 atom stereocenters. The average molecular weight is 496 g/mol. The minimum Gasteiger partial charge on any atom is -0.476 e. The molecule has 0 bridgehead atoms. The van der Waals surface area contributed by atoms with Crippen molar-refractivity contribution in [1.82, 2.24) is 14.9 Å². The number of H-pyrrole nitrogens is 1. The van der Waals surface area contributed by atoms with E-state index in [1.54, 1.807) is 5.38 Å². The van der Waals surface area contributed by atoms with Crippen LogP contribution in [0.5, 0.6) is 0 Å². The van der Waals surface area contributed by atoms with Gasteiger partial charge in [0.25, 0.3) is 5.91 Å². The van der Waals surface area contributed by atoms with Crippen molar-refractivity contribution < 1.29 is 14.7 Å². The summed E-state index contributed by atoms with van der Waals surface area (Å²) in [6, 6.07) is 26.8. The molecule has 5 aromatic rings. The number of fused-ring (bicyclic) bond motifs is 1. The van der Waals surface area contributed by atoms with Crippen LogP contribution in [0.15, 0.2) is 96.5 Å². The maximum absolute atomic E-state index is 13.9. The molecule has 1 unspecified atom stereocenters. The lowest BCUT2D eigenvalue weighted by Gasteiger charge is -2.31. The van der Waals surface area contributed by atoms with Gasteiger partial charge < -0.3 is 15.0 Å². The number of thiazole rings is 1. The number of hydrogen-bond donors (Lipinski definition) is 2. The van der Waals surface area contributed by atoms with Crippen molar-refractivity contribution in [3.8, 4) is 0 Å². The lowest BCUT2D eigenvalue weighted by atomic mass is 10.0. The van der Waals surface area contributed by atoms with Crippen LogP contribution in [0.2, 0.25) is 0 Å². The number of benzene rings is 3. The van der Waals surface area contributed by atoms with Gasteiger partial charge >= 0.3 is 5.97 Å². The topological polar surface area (TPSA) is 86.3 Å². The summed E-state index contributed by atoms with van der Waals surface area (Å²) in [5.41, 5.74) is 3.81. The van der Waals surface area contributed by atoms with E-state index in [4.69, 9.17) is 0 Å². The quantitative estimate of drug-likeness (QED) is 0.263. The van der Waals surface area contributed by atoms with Crippen molar-refractivity contribution in [1.29, 1.82) is 0 Å². The Bertz CT molecular complexity index is 1480. The number of aromatic amines is 1. The number of carboxylic acid groups (broad SMARTS) is 1. The number of aromatic nitrogens is 2. The number of carbonyl (C=O) groups is 2. The molecule has 7 heteroatoms. The highest BCUT2D eigenvalue weighted by molar-refractivity contribution is 7.09.